The SMILES string of the molecule is C=CC1=CCC[C@H]2Cc3nc4nc5ccccc5n4cc3C[C@]12C. The molecule has 0 bridgehead atoms. The number of benzene rings is 1. The smallest absolute Gasteiger partial charge is 0.235 e. The van der Waals surface area contributed by atoms with Crippen LogP contribution in [0.1, 0.15) is 31.0 Å². The van der Waals surface area contributed by atoms with Crippen LogP contribution in [0.3, 0.4) is 0 Å². The summed E-state index contributed by atoms with van der Waals surface area (Å²) in [5.41, 5.74) is 6.36. The largest absolute Gasteiger partial charge is 0.283 e. The van der Waals surface area contributed by atoms with E-state index in [0.29, 0.717) is 5.92 Å². The van der Waals surface area contributed by atoms with E-state index in [9.17, 15) is 0 Å². The Morgan fingerprint density at radius 1 is 1.29 bits per heavy atom. The topological polar surface area (TPSA) is 30.2 Å². The molecule has 0 unspecified atom stereocenters. The molecule has 0 saturated carbocycles. The van der Waals surface area contributed by atoms with Gasteiger partial charge in [-0.05, 0) is 60.3 Å². The van der Waals surface area contributed by atoms with E-state index in [1.165, 1.54) is 23.3 Å². The molecule has 0 fully saturated rings. The Kier molecular flexibility index (Phi) is 2.79. The number of rotatable bonds is 1. The zero-order valence-electron chi connectivity index (χ0n) is 14.0. The van der Waals surface area contributed by atoms with Gasteiger partial charge in [0.15, 0.2) is 0 Å². The third kappa shape index (κ3) is 1.78. The predicted octanol–water partition coefficient (Wildman–Crippen LogP) is 4.51. The van der Waals surface area contributed by atoms with Crippen LogP contribution in [-0.2, 0) is 12.8 Å². The fourth-order valence-corrected chi connectivity index (χ4v) is 4.73. The first-order chi connectivity index (χ1) is 11.7. The van der Waals surface area contributed by atoms with Crippen molar-refractivity contribution >= 4 is 16.8 Å². The van der Waals surface area contributed by atoms with Gasteiger partial charge in [0, 0.05) is 11.9 Å². The molecule has 2 heterocycles. The van der Waals surface area contributed by atoms with Crippen LogP contribution < -0.4 is 0 Å². The molecule has 3 aromatic rings. The molecule has 0 spiro atoms. The molecule has 2 atom stereocenters. The van der Waals surface area contributed by atoms with Crippen LogP contribution in [-0.4, -0.2) is 14.4 Å². The third-order valence-corrected chi connectivity index (χ3v) is 6.12. The monoisotopic (exact) mass is 315 g/mol. The lowest BCUT2D eigenvalue weighted by atomic mass is 9.59. The number of para-hydroxylation sites is 2. The summed E-state index contributed by atoms with van der Waals surface area (Å²) >= 11 is 0. The molecule has 0 amide bonds. The summed E-state index contributed by atoms with van der Waals surface area (Å²) in [5, 5.41) is 0. The van der Waals surface area contributed by atoms with Crippen molar-refractivity contribution in [3.05, 3.63) is 66.0 Å². The molecular formula is C21H21N3. The second-order valence-corrected chi connectivity index (χ2v) is 7.42. The van der Waals surface area contributed by atoms with Gasteiger partial charge < -0.3 is 0 Å². The van der Waals surface area contributed by atoms with Gasteiger partial charge in [-0.2, -0.15) is 0 Å². The van der Waals surface area contributed by atoms with E-state index in [0.717, 1.165) is 36.1 Å². The summed E-state index contributed by atoms with van der Waals surface area (Å²) in [5.74, 6) is 1.48. The van der Waals surface area contributed by atoms with E-state index < -0.39 is 0 Å². The van der Waals surface area contributed by atoms with Crippen molar-refractivity contribution in [2.24, 2.45) is 11.3 Å². The molecule has 3 nitrogen and oxygen atoms in total. The molecule has 2 aromatic heterocycles. The Morgan fingerprint density at radius 2 is 2.17 bits per heavy atom. The lowest BCUT2D eigenvalue weighted by molar-refractivity contribution is 0.194. The average molecular weight is 315 g/mol. The van der Waals surface area contributed by atoms with E-state index in [1.54, 1.807) is 0 Å². The highest BCUT2D eigenvalue weighted by Crippen LogP contribution is 2.49. The fourth-order valence-electron chi connectivity index (χ4n) is 4.73. The zero-order chi connectivity index (χ0) is 16.3. The van der Waals surface area contributed by atoms with Crippen LogP contribution in [0.4, 0.5) is 0 Å². The number of hydrogen-bond donors (Lipinski definition) is 0. The molecule has 120 valence electrons. The Balaban J connectivity index is 1.71. The van der Waals surface area contributed by atoms with E-state index in [4.69, 9.17) is 9.97 Å². The van der Waals surface area contributed by atoms with E-state index in [2.05, 4.69) is 54.5 Å². The lowest BCUT2D eigenvalue weighted by Gasteiger charge is -2.45. The number of aromatic nitrogens is 3. The average Bonchev–Trinajstić information content (AvgIpc) is 2.94. The van der Waals surface area contributed by atoms with Gasteiger partial charge in [-0.15, -0.1) is 0 Å². The maximum Gasteiger partial charge on any atom is 0.235 e. The van der Waals surface area contributed by atoms with Gasteiger partial charge in [-0.3, -0.25) is 4.40 Å². The highest BCUT2D eigenvalue weighted by molar-refractivity contribution is 5.79. The Hall–Kier alpha value is -2.42. The van der Waals surface area contributed by atoms with Crippen molar-refractivity contribution in [1.82, 2.24) is 14.4 Å². The summed E-state index contributed by atoms with van der Waals surface area (Å²) in [6.07, 6.45) is 11.2. The van der Waals surface area contributed by atoms with Crippen LogP contribution in [0.5, 0.6) is 0 Å². The highest BCUT2D eigenvalue weighted by Gasteiger charge is 2.42. The van der Waals surface area contributed by atoms with Crippen molar-refractivity contribution in [2.75, 3.05) is 0 Å². The molecular weight excluding hydrogens is 294 g/mol. The number of nitrogens with zero attached hydrogens (tertiary/aromatic N) is 3. The zero-order valence-corrected chi connectivity index (χ0v) is 14.0. The second kappa shape index (κ2) is 4.79. The summed E-state index contributed by atoms with van der Waals surface area (Å²) in [7, 11) is 0. The van der Waals surface area contributed by atoms with Gasteiger partial charge in [0.2, 0.25) is 5.78 Å². The van der Waals surface area contributed by atoms with E-state index in [-0.39, 0.29) is 5.41 Å². The minimum absolute atomic E-state index is 0.193. The molecule has 2 aliphatic carbocycles. The summed E-state index contributed by atoms with van der Waals surface area (Å²) in [6, 6.07) is 8.27. The number of fused-ring (bicyclic) bond motifs is 5. The second-order valence-electron chi connectivity index (χ2n) is 7.42. The molecule has 1 aromatic carbocycles. The first-order valence-corrected chi connectivity index (χ1v) is 8.78. The van der Waals surface area contributed by atoms with Gasteiger partial charge in [-0.1, -0.05) is 37.8 Å². The molecule has 0 aliphatic heterocycles. The van der Waals surface area contributed by atoms with Crippen molar-refractivity contribution in [2.45, 2.75) is 32.6 Å². The summed E-state index contributed by atoms with van der Waals surface area (Å²) in [6.45, 7) is 6.47. The van der Waals surface area contributed by atoms with Gasteiger partial charge in [0.25, 0.3) is 0 Å². The van der Waals surface area contributed by atoms with Gasteiger partial charge in [0.1, 0.15) is 0 Å². The Bertz CT molecular complexity index is 1010. The number of imidazole rings is 1. The summed E-state index contributed by atoms with van der Waals surface area (Å²) < 4.78 is 2.15. The van der Waals surface area contributed by atoms with Crippen LogP contribution in [0.15, 0.2) is 54.8 Å². The first kappa shape index (κ1) is 14.0. The minimum atomic E-state index is 0.193. The predicted molar refractivity (Wildman–Crippen MR) is 97.0 cm³/mol. The van der Waals surface area contributed by atoms with Gasteiger partial charge in [-0.25, -0.2) is 9.97 Å². The maximum atomic E-state index is 4.93. The quantitative estimate of drug-likeness (QED) is 0.661. The van der Waals surface area contributed by atoms with Crippen molar-refractivity contribution in [1.29, 1.82) is 0 Å². The molecule has 0 saturated heterocycles. The maximum absolute atomic E-state index is 4.93. The lowest BCUT2D eigenvalue weighted by Crippen LogP contribution is -2.39. The first-order valence-electron chi connectivity index (χ1n) is 8.78. The molecule has 0 radical (unpaired) electrons. The molecule has 2 aliphatic rings. The molecule has 3 heteroatoms. The minimum Gasteiger partial charge on any atom is -0.283 e. The van der Waals surface area contributed by atoms with Gasteiger partial charge >= 0.3 is 0 Å². The van der Waals surface area contributed by atoms with Crippen LogP contribution >= 0.6 is 0 Å². The standard InChI is InChI=1S/C21H21N3/c1-3-15-7-6-8-16-11-18-14(12-21(15,16)2)13-24-19-10-5-4-9-17(19)22-20(24)23-18/h3-5,7,9-10,13,16H,1,6,8,11-12H2,2H3/t16-,21+/m0/s1. The Morgan fingerprint density at radius 3 is 3.04 bits per heavy atom. The van der Waals surface area contributed by atoms with E-state index >= 15 is 0 Å². The Labute approximate surface area is 141 Å². The fraction of sp³-hybridized carbons (Fsp3) is 0.333. The normalized spacial score (nSPS) is 26.0. The van der Waals surface area contributed by atoms with Crippen LogP contribution in [0, 0.1) is 11.3 Å². The van der Waals surface area contributed by atoms with Crippen molar-refractivity contribution in [3.63, 3.8) is 0 Å². The van der Waals surface area contributed by atoms with E-state index in [1.807, 2.05) is 6.07 Å². The van der Waals surface area contributed by atoms with Crippen molar-refractivity contribution < 1.29 is 0 Å². The summed E-state index contributed by atoms with van der Waals surface area (Å²) in [4.78, 5) is 9.63. The van der Waals surface area contributed by atoms with Crippen LogP contribution in [0.25, 0.3) is 16.8 Å². The van der Waals surface area contributed by atoms with Crippen molar-refractivity contribution in [3.8, 4) is 0 Å². The van der Waals surface area contributed by atoms with Gasteiger partial charge in [0.05, 0.1) is 11.0 Å². The van der Waals surface area contributed by atoms with Crippen LogP contribution in [0.2, 0.25) is 0 Å². The third-order valence-electron chi connectivity index (χ3n) is 6.12. The number of allylic oxidation sites excluding steroid dienone is 3. The molecule has 5 rings (SSSR count). The molecule has 0 N–H and O–H groups in total. The molecule has 24 heavy (non-hydrogen) atoms. The number of hydrogen-bond acceptors (Lipinski definition) is 2. The highest BCUT2D eigenvalue weighted by atomic mass is 15.1.